The topological polar surface area (TPSA) is 80.3 Å². The molecule has 0 saturated carbocycles. The maximum absolute atomic E-state index is 12.4. The van der Waals surface area contributed by atoms with Gasteiger partial charge in [0.25, 0.3) is 0 Å². The summed E-state index contributed by atoms with van der Waals surface area (Å²) in [5.74, 6) is 0.229. The highest BCUT2D eigenvalue weighted by Gasteiger charge is 2.30. The number of hydrogen-bond donors (Lipinski definition) is 2. The second-order valence-electron chi connectivity index (χ2n) is 6.27. The first-order chi connectivity index (χ1) is 13.2. The summed E-state index contributed by atoms with van der Waals surface area (Å²) < 4.78 is 6.54. The van der Waals surface area contributed by atoms with Crippen LogP contribution < -0.4 is 15.4 Å². The highest BCUT2D eigenvalue weighted by molar-refractivity contribution is 7.22. The Hall–Kier alpha value is -2.93. The van der Waals surface area contributed by atoms with Crippen molar-refractivity contribution >= 4 is 44.2 Å². The summed E-state index contributed by atoms with van der Waals surface area (Å²) in [6.45, 7) is 2.48. The fourth-order valence-electron chi connectivity index (χ4n) is 3.27. The number of para-hydroxylation sites is 2. The first-order valence-corrected chi connectivity index (χ1v) is 9.69. The van der Waals surface area contributed by atoms with Gasteiger partial charge in [0.2, 0.25) is 11.8 Å². The van der Waals surface area contributed by atoms with Gasteiger partial charge in [0, 0.05) is 12.1 Å². The number of hydrogen-bond acceptors (Lipinski definition) is 5. The van der Waals surface area contributed by atoms with Gasteiger partial charge < -0.3 is 15.4 Å². The molecule has 0 radical (unpaired) electrons. The molecule has 6 nitrogen and oxygen atoms in total. The van der Waals surface area contributed by atoms with Crippen LogP contribution in [0.2, 0.25) is 0 Å². The fourth-order valence-corrected chi connectivity index (χ4v) is 4.17. The molecule has 27 heavy (non-hydrogen) atoms. The fraction of sp³-hybridized carbons (Fsp3) is 0.250. The number of carbonyl (C=O) groups is 2. The number of benzene rings is 2. The third kappa shape index (κ3) is 3.50. The van der Waals surface area contributed by atoms with Gasteiger partial charge in [-0.2, -0.15) is 0 Å². The molecule has 2 N–H and O–H groups in total. The number of carbonyl (C=O) groups excluding carboxylic acids is 2. The van der Waals surface area contributed by atoms with Gasteiger partial charge in [0.15, 0.2) is 5.13 Å². The minimum absolute atomic E-state index is 0.0506. The van der Waals surface area contributed by atoms with E-state index in [2.05, 4.69) is 15.6 Å². The van der Waals surface area contributed by atoms with Crippen molar-refractivity contribution in [3.8, 4) is 5.75 Å². The number of fused-ring (bicyclic) bond motifs is 2. The van der Waals surface area contributed by atoms with Gasteiger partial charge >= 0.3 is 0 Å². The first-order valence-electron chi connectivity index (χ1n) is 8.87. The zero-order valence-corrected chi connectivity index (χ0v) is 15.6. The first kappa shape index (κ1) is 17.5. The van der Waals surface area contributed by atoms with E-state index in [4.69, 9.17) is 4.74 Å². The Morgan fingerprint density at radius 2 is 2.11 bits per heavy atom. The summed E-state index contributed by atoms with van der Waals surface area (Å²) in [4.78, 5) is 29.0. The van der Waals surface area contributed by atoms with E-state index in [-0.39, 0.29) is 24.2 Å². The van der Waals surface area contributed by atoms with Crippen LogP contribution in [0, 0.1) is 0 Å². The summed E-state index contributed by atoms with van der Waals surface area (Å²) in [5.41, 5.74) is 2.54. The molecule has 2 heterocycles. The quantitative estimate of drug-likeness (QED) is 0.672. The summed E-state index contributed by atoms with van der Waals surface area (Å²) in [6, 6.07) is 13.3. The van der Waals surface area contributed by atoms with Crippen molar-refractivity contribution < 1.29 is 14.3 Å². The molecule has 0 aliphatic carbocycles. The number of nitrogens with zero attached hydrogens (tertiary/aromatic N) is 1. The second-order valence-corrected chi connectivity index (χ2v) is 7.30. The number of anilines is 2. The Morgan fingerprint density at radius 1 is 1.26 bits per heavy atom. The highest BCUT2D eigenvalue weighted by atomic mass is 32.1. The van der Waals surface area contributed by atoms with Crippen LogP contribution in [0.5, 0.6) is 5.75 Å². The molecule has 4 rings (SSSR count). The van der Waals surface area contributed by atoms with Gasteiger partial charge in [-0.25, -0.2) is 4.98 Å². The van der Waals surface area contributed by atoms with Gasteiger partial charge in [-0.05, 0) is 37.1 Å². The van der Waals surface area contributed by atoms with Crippen LogP contribution in [0.25, 0.3) is 10.2 Å². The van der Waals surface area contributed by atoms with E-state index < -0.39 is 0 Å². The summed E-state index contributed by atoms with van der Waals surface area (Å²) in [6.07, 6.45) is 0.713. The maximum atomic E-state index is 12.4. The predicted molar refractivity (Wildman–Crippen MR) is 106 cm³/mol. The summed E-state index contributed by atoms with van der Waals surface area (Å²) in [5, 5.41) is 6.25. The van der Waals surface area contributed by atoms with Crippen molar-refractivity contribution in [3.05, 3.63) is 48.0 Å². The lowest BCUT2D eigenvalue weighted by molar-refractivity contribution is -0.118. The number of rotatable bonds is 6. The number of amides is 2. The molecule has 1 atom stereocenters. The molecule has 0 fully saturated rings. The van der Waals surface area contributed by atoms with E-state index in [0.717, 1.165) is 21.5 Å². The van der Waals surface area contributed by atoms with E-state index in [0.29, 0.717) is 23.9 Å². The smallest absolute Gasteiger partial charge is 0.232 e. The Bertz CT molecular complexity index is 1010. The molecule has 0 spiro atoms. The molecule has 0 unspecified atom stereocenters. The molecule has 1 aliphatic rings. The SMILES string of the molecule is CCOc1cccc2sc(NC(=O)CC[C@H]3C(=O)Nc4ccccc43)nc12. The van der Waals surface area contributed by atoms with Crippen molar-refractivity contribution in [2.75, 3.05) is 17.2 Å². The normalized spacial score (nSPS) is 15.4. The minimum atomic E-state index is -0.285. The average molecular weight is 381 g/mol. The maximum Gasteiger partial charge on any atom is 0.232 e. The van der Waals surface area contributed by atoms with Crippen molar-refractivity contribution in [1.29, 1.82) is 0 Å². The average Bonchev–Trinajstić information content (AvgIpc) is 3.20. The number of nitrogens with one attached hydrogen (secondary N) is 2. The Kier molecular flexibility index (Phi) is 4.77. The Morgan fingerprint density at radius 3 is 2.96 bits per heavy atom. The largest absolute Gasteiger partial charge is 0.492 e. The lowest BCUT2D eigenvalue weighted by atomic mass is 9.95. The van der Waals surface area contributed by atoms with E-state index in [1.54, 1.807) is 0 Å². The van der Waals surface area contributed by atoms with Crippen molar-refractivity contribution in [1.82, 2.24) is 4.98 Å². The predicted octanol–water partition coefficient (Wildman–Crippen LogP) is 4.15. The summed E-state index contributed by atoms with van der Waals surface area (Å²) in [7, 11) is 0. The number of thiazole rings is 1. The molecule has 138 valence electrons. The molecular formula is C20H19N3O3S. The van der Waals surface area contributed by atoms with Crippen LogP contribution in [0.15, 0.2) is 42.5 Å². The lowest BCUT2D eigenvalue weighted by Gasteiger charge is -2.08. The van der Waals surface area contributed by atoms with Crippen LogP contribution in [0.1, 0.15) is 31.2 Å². The van der Waals surface area contributed by atoms with Crippen molar-refractivity contribution in [2.45, 2.75) is 25.7 Å². The van der Waals surface area contributed by atoms with Gasteiger partial charge in [-0.15, -0.1) is 0 Å². The van der Waals surface area contributed by atoms with Gasteiger partial charge in [0.1, 0.15) is 11.3 Å². The third-order valence-corrected chi connectivity index (χ3v) is 5.43. The number of ether oxygens (including phenoxy) is 1. The van der Waals surface area contributed by atoms with E-state index >= 15 is 0 Å². The standard InChI is InChI=1S/C20H19N3O3S/c1-2-26-15-8-5-9-16-18(15)23-20(27-16)22-17(24)11-10-13-12-6-3-4-7-14(12)21-19(13)25/h3-9,13H,2,10-11H2,1H3,(H,21,25)(H,22,23,24)/t13-/m1/s1. The van der Waals surface area contributed by atoms with E-state index in [1.165, 1.54) is 11.3 Å². The zero-order chi connectivity index (χ0) is 18.8. The summed E-state index contributed by atoms with van der Waals surface area (Å²) >= 11 is 1.41. The van der Waals surface area contributed by atoms with Crippen LogP contribution in [-0.2, 0) is 9.59 Å². The molecule has 1 aliphatic heterocycles. The number of aromatic nitrogens is 1. The van der Waals surface area contributed by atoms with Crippen molar-refractivity contribution in [2.24, 2.45) is 0 Å². The monoisotopic (exact) mass is 381 g/mol. The van der Waals surface area contributed by atoms with Gasteiger partial charge in [0.05, 0.1) is 17.2 Å². The van der Waals surface area contributed by atoms with Crippen molar-refractivity contribution in [3.63, 3.8) is 0 Å². The van der Waals surface area contributed by atoms with Crippen LogP contribution in [0.4, 0.5) is 10.8 Å². The molecular weight excluding hydrogens is 362 g/mol. The molecule has 1 aromatic heterocycles. The van der Waals surface area contributed by atoms with E-state index in [1.807, 2.05) is 49.4 Å². The molecule has 0 saturated heterocycles. The molecule has 2 amide bonds. The molecule has 7 heteroatoms. The Labute approximate surface area is 160 Å². The zero-order valence-electron chi connectivity index (χ0n) is 14.8. The van der Waals surface area contributed by atoms with Gasteiger partial charge in [-0.1, -0.05) is 35.6 Å². The second kappa shape index (κ2) is 7.36. The lowest BCUT2D eigenvalue weighted by Crippen LogP contribution is -2.16. The molecule has 2 aromatic carbocycles. The highest BCUT2D eigenvalue weighted by Crippen LogP contribution is 2.35. The van der Waals surface area contributed by atoms with Crippen LogP contribution in [0.3, 0.4) is 0 Å². The molecule has 3 aromatic rings. The third-order valence-electron chi connectivity index (χ3n) is 4.50. The minimum Gasteiger partial charge on any atom is -0.492 e. The molecule has 0 bridgehead atoms. The Balaban J connectivity index is 1.42. The van der Waals surface area contributed by atoms with Crippen LogP contribution in [-0.4, -0.2) is 23.4 Å². The van der Waals surface area contributed by atoms with Crippen LogP contribution >= 0.6 is 11.3 Å². The van der Waals surface area contributed by atoms with E-state index in [9.17, 15) is 9.59 Å². The van der Waals surface area contributed by atoms with Gasteiger partial charge in [-0.3, -0.25) is 9.59 Å².